The van der Waals surface area contributed by atoms with E-state index < -0.39 is 28.0 Å². The molecule has 8 nitrogen and oxygen atoms in total. The van der Waals surface area contributed by atoms with Gasteiger partial charge in [-0.2, -0.15) is 0 Å². The number of urea groups is 1. The highest BCUT2D eigenvalue weighted by Gasteiger charge is 2.27. The van der Waals surface area contributed by atoms with Crippen LogP contribution in [0.1, 0.15) is 5.56 Å². The zero-order valence-corrected chi connectivity index (χ0v) is 19.1. The molecule has 1 unspecified atom stereocenters. The van der Waals surface area contributed by atoms with E-state index in [4.69, 9.17) is 4.74 Å². The van der Waals surface area contributed by atoms with Crippen LogP contribution in [0.4, 0.5) is 10.5 Å². The highest BCUT2D eigenvalue weighted by atomic mass is 32.2. The molecular weight excluding hydrogens is 442 g/mol. The number of sulfonamides is 1. The van der Waals surface area contributed by atoms with Gasteiger partial charge in [0.25, 0.3) is 10.0 Å². The van der Waals surface area contributed by atoms with Crippen molar-refractivity contribution in [2.75, 3.05) is 19.1 Å². The van der Waals surface area contributed by atoms with Crippen molar-refractivity contribution in [3.05, 3.63) is 90.5 Å². The van der Waals surface area contributed by atoms with E-state index in [1.807, 2.05) is 35.1 Å². The lowest BCUT2D eigenvalue weighted by atomic mass is 10.0. The fourth-order valence-electron chi connectivity index (χ4n) is 3.20. The van der Waals surface area contributed by atoms with E-state index in [2.05, 4.69) is 5.32 Å². The molecule has 3 aromatic rings. The van der Waals surface area contributed by atoms with E-state index >= 15 is 0 Å². The number of carbonyl (C=O) groups is 2. The minimum Gasteiger partial charge on any atom is -0.497 e. The Kier molecular flexibility index (Phi) is 7.68. The number of methoxy groups -OCH3 is 1. The Morgan fingerprint density at radius 3 is 2.21 bits per heavy atom. The van der Waals surface area contributed by atoms with E-state index in [1.54, 1.807) is 49.5 Å². The van der Waals surface area contributed by atoms with Gasteiger partial charge < -0.3 is 15.0 Å². The Morgan fingerprint density at radius 2 is 1.58 bits per heavy atom. The van der Waals surface area contributed by atoms with Crippen molar-refractivity contribution in [3.63, 3.8) is 0 Å². The first-order valence-electron chi connectivity index (χ1n) is 10.1. The zero-order valence-electron chi connectivity index (χ0n) is 18.3. The Hall–Kier alpha value is -3.85. The van der Waals surface area contributed by atoms with Gasteiger partial charge in [0.2, 0.25) is 5.91 Å². The molecule has 0 aromatic heterocycles. The number of ether oxygens (including phenoxy) is 1. The van der Waals surface area contributed by atoms with Crippen LogP contribution in [0.15, 0.2) is 89.8 Å². The molecule has 0 saturated heterocycles. The van der Waals surface area contributed by atoms with Crippen LogP contribution in [0.5, 0.6) is 5.75 Å². The summed E-state index contributed by atoms with van der Waals surface area (Å²) in [5, 5.41) is 2.52. The normalized spacial score (nSPS) is 11.8. The summed E-state index contributed by atoms with van der Waals surface area (Å²) in [4.78, 5) is 27.3. The lowest BCUT2D eigenvalue weighted by molar-refractivity contribution is -0.120. The smallest absolute Gasteiger partial charge is 0.329 e. The van der Waals surface area contributed by atoms with Gasteiger partial charge in [-0.15, -0.1) is 0 Å². The number of benzene rings is 3. The number of carbonyl (C=O) groups excluding carboxylic acids is 2. The molecule has 0 spiro atoms. The van der Waals surface area contributed by atoms with E-state index in [9.17, 15) is 18.0 Å². The van der Waals surface area contributed by atoms with E-state index in [0.717, 1.165) is 5.56 Å². The van der Waals surface area contributed by atoms with Crippen LogP contribution in [-0.4, -0.2) is 40.6 Å². The number of likely N-dealkylation sites (N-methyl/N-ethyl adjacent to an activating group) is 1. The third kappa shape index (κ3) is 6.33. The molecule has 0 aliphatic carbocycles. The van der Waals surface area contributed by atoms with Gasteiger partial charge in [0.1, 0.15) is 11.8 Å². The molecule has 3 rings (SSSR count). The third-order valence-corrected chi connectivity index (χ3v) is 6.28. The maximum absolute atomic E-state index is 13.3. The lowest BCUT2D eigenvalue weighted by Gasteiger charge is -2.25. The highest BCUT2D eigenvalue weighted by molar-refractivity contribution is 7.90. The van der Waals surface area contributed by atoms with Gasteiger partial charge in [-0.3, -0.25) is 4.79 Å². The van der Waals surface area contributed by atoms with Gasteiger partial charge in [-0.25, -0.2) is 17.9 Å². The predicted molar refractivity (Wildman–Crippen MR) is 126 cm³/mol. The Balaban J connectivity index is 1.81. The predicted octanol–water partition coefficient (Wildman–Crippen LogP) is 2.96. The van der Waals surface area contributed by atoms with Crippen molar-refractivity contribution >= 4 is 27.6 Å². The average molecular weight is 468 g/mol. The van der Waals surface area contributed by atoms with Gasteiger partial charge in [-0.05, 0) is 29.8 Å². The number of hydrogen-bond donors (Lipinski definition) is 2. The summed E-state index contributed by atoms with van der Waals surface area (Å²) in [7, 11) is -0.984. The SMILES string of the molecule is COc1cccc(N(C)C(=O)C(Cc2ccccc2)NC(=O)NS(=O)(=O)c2ccccc2)c1. The summed E-state index contributed by atoms with van der Waals surface area (Å²) in [5.74, 6) is 0.158. The summed E-state index contributed by atoms with van der Waals surface area (Å²) < 4.78 is 32.2. The number of anilines is 1. The molecule has 0 radical (unpaired) electrons. The first-order chi connectivity index (χ1) is 15.8. The first-order valence-corrected chi connectivity index (χ1v) is 11.6. The molecule has 0 aliphatic heterocycles. The van der Waals surface area contributed by atoms with E-state index in [1.165, 1.54) is 24.1 Å². The molecule has 0 heterocycles. The molecule has 9 heteroatoms. The molecule has 0 bridgehead atoms. The molecule has 0 fully saturated rings. The van der Waals surface area contributed by atoms with Crippen molar-refractivity contribution in [1.82, 2.24) is 10.0 Å². The number of rotatable bonds is 8. The number of nitrogens with zero attached hydrogens (tertiary/aromatic N) is 1. The maximum atomic E-state index is 13.3. The standard InChI is InChI=1S/C24H25N3O5S/c1-27(19-12-9-13-20(17-19)32-2)23(28)22(16-18-10-5-3-6-11-18)25-24(29)26-33(30,31)21-14-7-4-8-15-21/h3-15,17,22H,16H2,1-2H3,(H2,25,26,29). The van der Waals surface area contributed by atoms with Crippen molar-refractivity contribution in [3.8, 4) is 5.75 Å². The fourth-order valence-corrected chi connectivity index (χ4v) is 4.13. The second-order valence-electron chi connectivity index (χ2n) is 7.23. The van der Waals surface area contributed by atoms with Crippen LogP contribution in [0.2, 0.25) is 0 Å². The first kappa shape index (κ1) is 23.8. The summed E-state index contributed by atoms with van der Waals surface area (Å²) in [6, 6.07) is 21.6. The summed E-state index contributed by atoms with van der Waals surface area (Å²) >= 11 is 0. The minimum absolute atomic E-state index is 0.0559. The van der Waals surface area contributed by atoms with Gasteiger partial charge in [0, 0.05) is 25.2 Å². The van der Waals surface area contributed by atoms with Crippen molar-refractivity contribution in [1.29, 1.82) is 0 Å². The Morgan fingerprint density at radius 1 is 0.939 bits per heavy atom. The molecule has 3 amide bonds. The van der Waals surface area contributed by atoms with Crippen LogP contribution in [0.25, 0.3) is 0 Å². The number of hydrogen-bond acceptors (Lipinski definition) is 5. The lowest BCUT2D eigenvalue weighted by Crippen LogP contribution is -2.52. The molecule has 3 aromatic carbocycles. The van der Waals surface area contributed by atoms with Crippen molar-refractivity contribution < 1.29 is 22.7 Å². The number of nitrogens with one attached hydrogen (secondary N) is 2. The van der Waals surface area contributed by atoms with Gasteiger partial charge in [0.05, 0.1) is 12.0 Å². The van der Waals surface area contributed by atoms with Crippen molar-refractivity contribution in [2.24, 2.45) is 0 Å². The second kappa shape index (κ2) is 10.6. The van der Waals surface area contributed by atoms with Gasteiger partial charge >= 0.3 is 6.03 Å². The minimum atomic E-state index is -4.09. The largest absolute Gasteiger partial charge is 0.497 e. The Labute approximate surface area is 193 Å². The Bertz CT molecular complexity index is 1200. The highest BCUT2D eigenvalue weighted by Crippen LogP contribution is 2.21. The van der Waals surface area contributed by atoms with E-state index in [0.29, 0.717) is 11.4 Å². The van der Waals surface area contributed by atoms with Gasteiger partial charge in [-0.1, -0.05) is 54.6 Å². The van der Waals surface area contributed by atoms with Crippen molar-refractivity contribution in [2.45, 2.75) is 17.4 Å². The molecule has 172 valence electrons. The molecule has 2 N–H and O–H groups in total. The molecule has 33 heavy (non-hydrogen) atoms. The molecule has 0 saturated carbocycles. The van der Waals surface area contributed by atoms with Gasteiger partial charge in [0.15, 0.2) is 0 Å². The quantitative estimate of drug-likeness (QED) is 0.530. The summed E-state index contributed by atoms with van der Waals surface area (Å²) in [5.41, 5.74) is 1.37. The molecular formula is C24H25N3O5S. The maximum Gasteiger partial charge on any atom is 0.329 e. The zero-order chi connectivity index (χ0) is 23.8. The molecule has 0 aliphatic rings. The van der Waals surface area contributed by atoms with Crippen LogP contribution in [0, 0.1) is 0 Å². The second-order valence-corrected chi connectivity index (χ2v) is 8.92. The fraction of sp³-hybridized carbons (Fsp3) is 0.167. The van der Waals surface area contributed by atoms with Crippen LogP contribution < -0.4 is 19.7 Å². The topological polar surface area (TPSA) is 105 Å². The molecule has 1 atom stereocenters. The van der Waals surface area contributed by atoms with Crippen LogP contribution in [0.3, 0.4) is 0 Å². The average Bonchev–Trinajstić information content (AvgIpc) is 2.83. The van der Waals surface area contributed by atoms with Crippen LogP contribution >= 0.6 is 0 Å². The summed E-state index contributed by atoms with van der Waals surface area (Å²) in [6.45, 7) is 0. The third-order valence-electron chi connectivity index (χ3n) is 4.94. The monoisotopic (exact) mass is 467 g/mol. The summed E-state index contributed by atoms with van der Waals surface area (Å²) in [6.07, 6.45) is 0.173. The van der Waals surface area contributed by atoms with Crippen LogP contribution in [-0.2, 0) is 21.2 Å². The number of amides is 3. The van der Waals surface area contributed by atoms with E-state index in [-0.39, 0.29) is 11.3 Å².